The lowest BCUT2D eigenvalue weighted by atomic mass is 9.84. The highest BCUT2D eigenvalue weighted by atomic mass is 32.2. The summed E-state index contributed by atoms with van der Waals surface area (Å²) in [5, 5.41) is 13.0. The van der Waals surface area contributed by atoms with Crippen LogP contribution in [0.25, 0.3) is 21.8 Å². The molecule has 5 aromatic rings. The maximum atomic E-state index is 14.0. The average molecular weight is 555 g/mol. The zero-order valence-electron chi connectivity index (χ0n) is 22.0. The number of nitrogens with zero attached hydrogens (tertiary/aromatic N) is 2. The quantitative estimate of drug-likeness (QED) is 0.274. The summed E-state index contributed by atoms with van der Waals surface area (Å²) in [6.45, 7) is 0. The number of benzene rings is 2. The van der Waals surface area contributed by atoms with Crippen molar-refractivity contribution in [3.8, 4) is 5.75 Å². The molecule has 3 heterocycles. The molecule has 7 rings (SSSR count). The predicted octanol–water partition coefficient (Wildman–Crippen LogP) is 6.29. The third kappa shape index (κ3) is 4.04. The Morgan fingerprint density at radius 3 is 2.55 bits per heavy atom. The normalized spacial score (nSPS) is 16.9. The fourth-order valence-corrected chi connectivity index (χ4v) is 7.92. The standard InChI is InChI=1S/C32H30N2O5S/c35-31-24-10-3-1-2-4-13-26(24)39-32(36)29(31)28(20-15-16-20)23-11-6-12-25-22(23)17-19-34(25)40(37,38)27-14-5-8-21-9-7-18-33-30(21)27/h5-9,11-12,14,17-20,28,35H,1-4,10,13,15-16H2. The number of fused-ring (bicyclic) bond motifs is 3. The van der Waals surface area contributed by atoms with Crippen molar-refractivity contribution in [2.75, 3.05) is 0 Å². The molecule has 8 heteroatoms. The molecule has 0 amide bonds. The molecule has 3 aromatic heterocycles. The monoisotopic (exact) mass is 554 g/mol. The Labute approximate surface area is 232 Å². The van der Waals surface area contributed by atoms with Gasteiger partial charge in [-0.1, -0.05) is 43.2 Å². The van der Waals surface area contributed by atoms with Crippen LogP contribution in [0, 0.1) is 5.92 Å². The third-order valence-corrected chi connectivity index (χ3v) is 10.2. The molecule has 2 aliphatic carbocycles. The van der Waals surface area contributed by atoms with Crippen LogP contribution in [0.15, 0.2) is 81.1 Å². The van der Waals surface area contributed by atoms with Crippen molar-refractivity contribution in [1.82, 2.24) is 8.96 Å². The van der Waals surface area contributed by atoms with Crippen LogP contribution in [0.5, 0.6) is 5.75 Å². The summed E-state index contributed by atoms with van der Waals surface area (Å²) in [6.07, 6.45) is 10.4. The Hall–Kier alpha value is -3.91. The molecule has 2 aliphatic rings. The van der Waals surface area contributed by atoms with Crippen LogP contribution >= 0.6 is 0 Å². The van der Waals surface area contributed by atoms with Gasteiger partial charge in [0.1, 0.15) is 16.4 Å². The molecule has 7 nitrogen and oxygen atoms in total. The number of aryl methyl sites for hydroxylation is 1. The first-order chi connectivity index (χ1) is 19.4. The zero-order valence-corrected chi connectivity index (χ0v) is 22.9. The van der Waals surface area contributed by atoms with Gasteiger partial charge in [0, 0.05) is 41.1 Å². The van der Waals surface area contributed by atoms with E-state index in [4.69, 9.17) is 4.42 Å². The highest BCUT2D eigenvalue weighted by Crippen LogP contribution is 2.50. The van der Waals surface area contributed by atoms with Gasteiger partial charge >= 0.3 is 5.63 Å². The molecule has 0 aliphatic heterocycles. The maximum absolute atomic E-state index is 14.0. The molecule has 0 bridgehead atoms. The second-order valence-corrected chi connectivity index (χ2v) is 12.8. The SMILES string of the molecule is O=c1oc2c(c(O)c1C(c1cccc3c1ccn3S(=O)(=O)c1cccc3cccnc13)C1CC1)CCCCCC2. The van der Waals surface area contributed by atoms with Gasteiger partial charge in [-0.25, -0.2) is 17.2 Å². The number of hydrogen-bond acceptors (Lipinski definition) is 6. The molecule has 204 valence electrons. The van der Waals surface area contributed by atoms with Gasteiger partial charge in [0.15, 0.2) is 0 Å². The summed E-state index contributed by atoms with van der Waals surface area (Å²) in [5.74, 6) is 0.470. The van der Waals surface area contributed by atoms with E-state index in [1.54, 1.807) is 42.7 Å². The van der Waals surface area contributed by atoms with E-state index >= 15 is 0 Å². The lowest BCUT2D eigenvalue weighted by molar-refractivity contribution is 0.382. The molecule has 1 saturated carbocycles. The molecule has 1 unspecified atom stereocenters. The molecular formula is C32H30N2O5S. The molecule has 0 spiro atoms. The average Bonchev–Trinajstić information content (AvgIpc) is 3.68. The van der Waals surface area contributed by atoms with Crippen LogP contribution in [-0.2, 0) is 22.9 Å². The molecule has 0 radical (unpaired) electrons. The van der Waals surface area contributed by atoms with E-state index in [0.717, 1.165) is 60.4 Å². The molecule has 2 aromatic carbocycles. The van der Waals surface area contributed by atoms with Crippen molar-refractivity contribution in [3.05, 3.63) is 99.9 Å². The van der Waals surface area contributed by atoms with Crippen LogP contribution < -0.4 is 5.63 Å². The first-order valence-corrected chi connectivity index (χ1v) is 15.5. The molecule has 1 N–H and O–H groups in total. The van der Waals surface area contributed by atoms with Crippen LogP contribution in [0.1, 0.15) is 66.9 Å². The van der Waals surface area contributed by atoms with E-state index in [9.17, 15) is 18.3 Å². The van der Waals surface area contributed by atoms with E-state index in [-0.39, 0.29) is 22.5 Å². The minimum absolute atomic E-state index is 0.0657. The number of aromatic nitrogens is 2. The van der Waals surface area contributed by atoms with Crippen molar-refractivity contribution in [2.24, 2.45) is 5.92 Å². The molecular weight excluding hydrogens is 524 g/mol. The Morgan fingerprint density at radius 2 is 1.73 bits per heavy atom. The van der Waals surface area contributed by atoms with E-state index in [2.05, 4.69) is 4.98 Å². The number of aromatic hydroxyl groups is 1. The smallest absolute Gasteiger partial charge is 0.343 e. The lowest BCUT2D eigenvalue weighted by Crippen LogP contribution is -2.19. The summed E-state index contributed by atoms with van der Waals surface area (Å²) in [7, 11) is -3.97. The van der Waals surface area contributed by atoms with E-state index in [1.807, 2.05) is 24.3 Å². The van der Waals surface area contributed by atoms with Gasteiger partial charge < -0.3 is 9.52 Å². The van der Waals surface area contributed by atoms with Gasteiger partial charge in [0.05, 0.1) is 16.6 Å². The van der Waals surface area contributed by atoms with Crippen molar-refractivity contribution < 1.29 is 17.9 Å². The summed E-state index contributed by atoms with van der Waals surface area (Å²) in [5.41, 5.74) is 2.35. The van der Waals surface area contributed by atoms with E-state index in [0.29, 0.717) is 35.2 Å². The highest BCUT2D eigenvalue weighted by molar-refractivity contribution is 7.90. The zero-order chi connectivity index (χ0) is 27.4. The minimum atomic E-state index is -3.97. The number of para-hydroxylation sites is 1. The van der Waals surface area contributed by atoms with E-state index in [1.165, 1.54) is 3.97 Å². The van der Waals surface area contributed by atoms with Crippen molar-refractivity contribution >= 4 is 31.8 Å². The van der Waals surface area contributed by atoms with E-state index < -0.39 is 15.6 Å². The van der Waals surface area contributed by atoms with Gasteiger partial charge in [-0.05, 0) is 67.9 Å². The maximum Gasteiger partial charge on any atom is 0.343 e. The van der Waals surface area contributed by atoms with Crippen LogP contribution in [0.4, 0.5) is 0 Å². The number of rotatable bonds is 5. The topological polar surface area (TPSA) is 102 Å². The molecule has 40 heavy (non-hydrogen) atoms. The lowest BCUT2D eigenvalue weighted by Gasteiger charge is -2.22. The van der Waals surface area contributed by atoms with Crippen LogP contribution in [0.2, 0.25) is 0 Å². The fourth-order valence-electron chi connectivity index (χ4n) is 6.41. The van der Waals surface area contributed by atoms with Gasteiger partial charge in [-0.2, -0.15) is 0 Å². The third-order valence-electron chi connectivity index (χ3n) is 8.50. The first kappa shape index (κ1) is 25.1. The Kier molecular flexibility index (Phi) is 6.04. The summed E-state index contributed by atoms with van der Waals surface area (Å²) in [6, 6.07) is 16.1. The molecule has 1 fully saturated rings. The van der Waals surface area contributed by atoms with Gasteiger partial charge in [0.2, 0.25) is 0 Å². The molecule has 0 saturated heterocycles. The van der Waals surface area contributed by atoms with Gasteiger partial charge in [-0.3, -0.25) is 4.98 Å². The van der Waals surface area contributed by atoms with Crippen molar-refractivity contribution in [1.29, 1.82) is 0 Å². The second kappa shape index (κ2) is 9.63. The predicted molar refractivity (Wildman–Crippen MR) is 153 cm³/mol. The van der Waals surface area contributed by atoms with Gasteiger partial charge in [-0.15, -0.1) is 0 Å². The number of hydrogen-bond donors (Lipinski definition) is 1. The highest BCUT2D eigenvalue weighted by Gasteiger charge is 2.39. The fraction of sp³-hybridized carbons (Fsp3) is 0.312. The Morgan fingerprint density at radius 1 is 0.950 bits per heavy atom. The minimum Gasteiger partial charge on any atom is -0.507 e. The second-order valence-electron chi connectivity index (χ2n) is 11.0. The largest absolute Gasteiger partial charge is 0.507 e. The van der Waals surface area contributed by atoms with Crippen LogP contribution in [0.3, 0.4) is 0 Å². The first-order valence-electron chi connectivity index (χ1n) is 14.0. The summed E-state index contributed by atoms with van der Waals surface area (Å²) < 4.78 is 35.1. The summed E-state index contributed by atoms with van der Waals surface area (Å²) in [4.78, 5) is 17.9. The van der Waals surface area contributed by atoms with Crippen molar-refractivity contribution in [3.63, 3.8) is 0 Å². The Balaban J connectivity index is 1.39. The number of pyridine rings is 1. The molecule has 1 atom stereocenters. The Bertz CT molecular complexity index is 1930. The summed E-state index contributed by atoms with van der Waals surface area (Å²) >= 11 is 0. The van der Waals surface area contributed by atoms with Crippen LogP contribution in [-0.4, -0.2) is 22.5 Å². The van der Waals surface area contributed by atoms with Gasteiger partial charge in [0.25, 0.3) is 10.0 Å². The van der Waals surface area contributed by atoms with Crippen molar-refractivity contribution in [2.45, 2.75) is 62.2 Å².